The molecule has 0 spiro atoms. The number of hydrogen-bond donors (Lipinski definition) is 0. The molecule has 1 amide bonds. The first-order valence-corrected chi connectivity index (χ1v) is 4.56. The number of benzene rings is 1. The van der Waals surface area contributed by atoms with Crippen molar-refractivity contribution < 1.29 is 4.79 Å². The zero-order valence-electron chi connectivity index (χ0n) is 8.82. The average molecular weight is 189 g/mol. The second-order valence-electron chi connectivity index (χ2n) is 3.44. The van der Waals surface area contributed by atoms with Crippen molar-refractivity contribution in [1.82, 2.24) is 4.90 Å². The van der Waals surface area contributed by atoms with Gasteiger partial charge in [0.25, 0.3) is 0 Å². The van der Waals surface area contributed by atoms with Crippen molar-refractivity contribution in [1.29, 1.82) is 0 Å². The van der Waals surface area contributed by atoms with Gasteiger partial charge in [0.15, 0.2) is 0 Å². The molecule has 2 heteroatoms. The highest BCUT2D eigenvalue weighted by Gasteiger charge is 2.05. The summed E-state index contributed by atoms with van der Waals surface area (Å²) in [6, 6.07) is 9.83. The van der Waals surface area contributed by atoms with Gasteiger partial charge in [-0.15, -0.1) is 0 Å². The monoisotopic (exact) mass is 189 g/mol. The molecule has 0 heterocycles. The van der Waals surface area contributed by atoms with Crippen LogP contribution in [-0.4, -0.2) is 24.9 Å². The molecule has 0 radical (unpaired) electrons. The number of hydrogen-bond acceptors (Lipinski definition) is 1. The summed E-state index contributed by atoms with van der Waals surface area (Å²) >= 11 is 0. The minimum Gasteiger partial charge on any atom is -0.345 e. The first-order chi connectivity index (χ1) is 6.61. The maximum atomic E-state index is 11.5. The van der Waals surface area contributed by atoms with E-state index in [-0.39, 0.29) is 5.91 Å². The molecular weight excluding hydrogens is 174 g/mol. The quantitative estimate of drug-likeness (QED) is 0.653. The third-order valence-corrected chi connectivity index (χ3v) is 1.93. The summed E-state index contributed by atoms with van der Waals surface area (Å²) in [6.07, 6.45) is 1.89. The van der Waals surface area contributed by atoms with Crippen LogP contribution in [0.15, 0.2) is 35.9 Å². The number of carbonyl (C=O) groups excluding carboxylic acids is 1. The molecule has 0 atom stereocenters. The van der Waals surface area contributed by atoms with Gasteiger partial charge >= 0.3 is 0 Å². The van der Waals surface area contributed by atoms with Gasteiger partial charge in [0.2, 0.25) is 5.91 Å². The lowest BCUT2D eigenvalue weighted by molar-refractivity contribution is -0.124. The first kappa shape index (κ1) is 10.5. The van der Waals surface area contributed by atoms with E-state index in [1.807, 2.05) is 43.3 Å². The van der Waals surface area contributed by atoms with Crippen molar-refractivity contribution in [3.63, 3.8) is 0 Å². The Morgan fingerprint density at radius 2 is 1.79 bits per heavy atom. The predicted octanol–water partition coefficient (Wildman–Crippen LogP) is 2.18. The molecule has 1 aromatic rings. The van der Waals surface area contributed by atoms with Crippen LogP contribution >= 0.6 is 0 Å². The van der Waals surface area contributed by atoms with E-state index >= 15 is 0 Å². The summed E-state index contributed by atoms with van der Waals surface area (Å²) in [5.74, 6) is 0.0499. The minimum atomic E-state index is 0.0499. The Bertz CT molecular complexity index is 339. The van der Waals surface area contributed by atoms with Gasteiger partial charge < -0.3 is 4.90 Å². The van der Waals surface area contributed by atoms with E-state index in [0.717, 1.165) is 11.1 Å². The first-order valence-electron chi connectivity index (χ1n) is 4.56. The van der Waals surface area contributed by atoms with E-state index in [1.165, 1.54) is 0 Å². The summed E-state index contributed by atoms with van der Waals surface area (Å²) in [5, 5.41) is 0. The van der Waals surface area contributed by atoms with Crippen molar-refractivity contribution in [2.45, 2.75) is 6.92 Å². The standard InChI is InChI=1S/C12H15NO/c1-10(12(14)13(2)3)9-11-7-5-4-6-8-11/h4-9H,1-3H3. The molecule has 2 nitrogen and oxygen atoms in total. The van der Waals surface area contributed by atoms with Crippen LogP contribution in [0.3, 0.4) is 0 Å². The van der Waals surface area contributed by atoms with E-state index in [4.69, 9.17) is 0 Å². The molecule has 0 aliphatic heterocycles. The summed E-state index contributed by atoms with van der Waals surface area (Å²) in [4.78, 5) is 13.1. The Morgan fingerprint density at radius 3 is 2.29 bits per heavy atom. The minimum absolute atomic E-state index is 0.0499. The molecular formula is C12H15NO. The van der Waals surface area contributed by atoms with Crippen molar-refractivity contribution >= 4 is 12.0 Å². The highest BCUT2D eigenvalue weighted by Crippen LogP contribution is 2.07. The van der Waals surface area contributed by atoms with E-state index < -0.39 is 0 Å². The normalized spacial score (nSPS) is 11.2. The molecule has 0 aliphatic rings. The van der Waals surface area contributed by atoms with E-state index in [9.17, 15) is 4.79 Å². The number of amides is 1. The fraction of sp³-hybridized carbons (Fsp3) is 0.250. The molecule has 14 heavy (non-hydrogen) atoms. The number of carbonyl (C=O) groups is 1. The zero-order chi connectivity index (χ0) is 10.6. The van der Waals surface area contributed by atoms with Gasteiger partial charge in [-0.25, -0.2) is 0 Å². The van der Waals surface area contributed by atoms with Crippen molar-refractivity contribution in [2.24, 2.45) is 0 Å². The Kier molecular flexibility index (Phi) is 3.46. The molecule has 0 fully saturated rings. The van der Waals surface area contributed by atoms with Gasteiger partial charge in [-0.2, -0.15) is 0 Å². The molecule has 0 saturated heterocycles. The van der Waals surface area contributed by atoms with Crippen LogP contribution in [0, 0.1) is 0 Å². The summed E-state index contributed by atoms with van der Waals surface area (Å²) in [6.45, 7) is 1.83. The van der Waals surface area contributed by atoms with E-state index in [0.29, 0.717) is 0 Å². The van der Waals surface area contributed by atoms with Crippen LogP contribution < -0.4 is 0 Å². The lowest BCUT2D eigenvalue weighted by atomic mass is 10.1. The summed E-state index contributed by atoms with van der Waals surface area (Å²) in [5.41, 5.74) is 1.81. The Labute approximate surface area is 84.9 Å². The Morgan fingerprint density at radius 1 is 1.21 bits per heavy atom. The summed E-state index contributed by atoms with van der Waals surface area (Å²) < 4.78 is 0. The third-order valence-electron chi connectivity index (χ3n) is 1.93. The zero-order valence-corrected chi connectivity index (χ0v) is 8.82. The highest BCUT2D eigenvalue weighted by molar-refractivity contribution is 5.96. The van der Waals surface area contributed by atoms with Crippen LogP contribution in [0.4, 0.5) is 0 Å². The van der Waals surface area contributed by atoms with Crippen LogP contribution in [0.2, 0.25) is 0 Å². The van der Waals surface area contributed by atoms with Crippen molar-refractivity contribution in [3.05, 3.63) is 41.5 Å². The number of likely N-dealkylation sites (N-methyl/N-ethyl adjacent to an activating group) is 1. The van der Waals surface area contributed by atoms with Crippen LogP contribution in [-0.2, 0) is 4.79 Å². The van der Waals surface area contributed by atoms with Crippen LogP contribution in [0.5, 0.6) is 0 Å². The smallest absolute Gasteiger partial charge is 0.248 e. The SMILES string of the molecule is CC(=Cc1ccccc1)C(=O)N(C)C. The molecule has 0 bridgehead atoms. The molecule has 0 N–H and O–H groups in total. The molecule has 0 aliphatic carbocycles. The molecule has 0 unspecified atom stereocenters. The maximum Gasteiger partial charge on any atom is 0.248 e. The second kappa shape index (κ2) is 4.61. The van der Waals surface area contributed by atoms with Crippen LogP contribution in [0.25, 0.3) is 6.08 Å². The Balaban J connectivity index is 2.84. The molecule has 0 aromatic heterocycles. The predicted molar refractivity (Wildman–Crippen MR) is 58.8 cm³/mol. The van der Waals surface area contributed by atoms with Gasteiger partial charge in [-0.1, -0.05) is 30.3 Å². The molecule has 0 saturated carbocycles. The lowest BCUT2D eigenvalue weighted by Crippen LogP contribution is -2.22. The maximum absolute atomic E-state index is 11.5. The summed E-state index contributed by atoms with van der Waals surface area (Å²) in [7, 11) is 3.51. The van der Waals surface area contributed by atoms with Gasteiger partial charge in [-0.3, -0.25) is 4.79 Å². The molecule has 1 rings (SSSR count). The largest absolute Gasteiger partial charge is 0.345 e. The van der Waals surface area contributed by atoms with Crippen molar-refractivity contribution in [3.8, 4) is 0 Å². The van der Waals surface area contributed by atoms with E-state index in [2.05, 4.69) is 0 Å². The topological polar surface area (TPSA) is 20.3 Å². The van der Waals surface area contributed by atoms with Gasteiger partial charge in [-0.05, 0) is 18.6 Å². The third kappa shape index (κ3) is 2.73. The lowest BCUT2D eigenvalue weighted by Gasteiger charge is -2.09. The van der Waals surface area contributed by atoms with Gasteiger partial charge in [0.1, 0.15) is 0 Å². The van der Waals surface area contributed by atoms with E-state index in [1.54, 1.807) is 19.0 Å². The van der Waals surface area contributed by atoms with Crippen LogP contribution in [0.1, 0.15) is 12.5 Å². The van der Waals surface area contributed by atoms with Gasteiger partial charge in [0.05, 0.1) is 0 Å². The van der Waals surface area contributed by atoms with Crippen molar-refractivity contribution in [2.75, 3.05) is 14.1 Å². The molecule has 74 valence electrons. The fourth-order valence-corrected chi connectivity index (χ4v) is 1.21. The molecule has 1 aromatic carbocycles. The Hall–Kier alpha value is -1.57. The fourth-order valence-electron chi connectivity index (χ4n) is 1.21. The highest BCUT2D eigenvalue weighted by atomic mass is 16.2. The number of rotatable bonds is 2. The van der Waals surface area contributed by atoms with Gasteiger partial charge in [0, 0.05) is 19.7 Å². The average Bonchev–Trinajstić information content (AvgIpc) is 2.18. The second-order valence-corrected chi connectivity index (χ2v) is 3.44. The number of nitrogens with zero attached hydrogens (tertiary/aromatic N) is 1.